The van der Waals surface area contributed by atoms with Crippen molar-refractivity contribution in [3.05, 3.63) is 15.6 Å². The van der Waals surface area contributed by atoms with Crippen molar-refractivity contribution in [2.75, 3.05) is 26.2 Å². The number of piperazine rings is 1. The lowest BCUT2D eigenvalue weighted by Crippen LogP contribution is -2.43. The Morgan fingerprint density at radius 1 is 1.26 bits per heavy atom. The third-order valence-corrected chi connectivity index (χ3v) is 3.61. The Bertz CT molecular complexity index is 392. The van der Waals surface area contributed by atoms with Crippen LogP contribution in [0.15, 0.2) is 0 Å². The van der Waals surface area contributed by atoms with E-state index in [4.69, 9.17) is 0 Å². The topological polar surface area (TPSA) is 28.2 Å². The average Bonchev–Trinajstić information content (AvgIpc) is 2.60. The number of hydrogen-bond donors (Lipinski definition) is 1. The van der Waals surface area contributed by atoms with Crippen LogP contribution in [0.25, 0.3) is 0 Å². The van der Waals surface area contributed by atoms with Gasteiger partial charge in [0.15, 0.2) is 5.69 Å². The number of nitrogens with zero attached hydrogens (tertiary/aromatic N) is 2. The molecule has 112 valence electrons. The third kappa shape index (κ3) is 5.07. The normalized spacial score (nSPS) is 16.6. The zero-order valence-electron chi connectivity index (χ0n) is 10.3. The SMILES string of the molecule is Cc1nc(C(F)(F)F)c(CN2CCNCC2)s1.Cl.Cl. The van der Waals surface area contributed by atoms with E-state index in [1.807, 2.05) is 4.90 Å². The van der Waals surface area contributed by atoms with E-state index in [0.29, 0.717) is 16.4 Å². The van der Waals surface area contributed by atoms with Gasteiger partial charge in [-0.25, -0.2) is 4.98 Å². The van der Waals surface area contributed by atoms with Crippen LogP contribution in [0, 0.1) is 6.92 Å². The van der Waals surface area contributed by atoms with E-state index in [9.17, 15) is 13.2 Å². The highest BCUT2D eigenvalue weighted by atomic mass is 35.5. The molecule has 2 heterocycles. The van der Waals surface area contributed by atoms with Crippen molar-refractivity contribution in [3.8, 4) is 0 Å². The largest absolute Gasteiger partial charge is 0.434 e. The quantitative estimate of drug-likeness (QED) is 0.899. The van der Waals surface area contributed by atoms with E-state index >= 15 is 0 Å². The van der Waals surface area contributed by atoms with Gasteiger partial charge in [-0.1, -0.05) is 0 Å². The van der Waals surface area contributed by atoms with Gasteiger partial charge in [0.25, 0.3) is 0 Å². The molecule has 0 radical (unpaired) electrons. The van der Waals surface area contributed by atoms with Crippen molar-refractivity contribution in [2.24, 2.45) is 0 Å². The minimum Gasteiger partial charge on any atom is -0.314 e. The fraction of sp³-hybridized carbons (Fsp3) is 0.700. The Kier molecular flexibility index (Phi) is 7.60. The lowest BCUT2D eigenvalue weighted by molar-refractivity contribution is -0.141. The van der Waals surface area contributed by atoms with E-state index in [-0.39, 0.29) is 24.8 Å². The lowest BCUT2D eigenvalue weighted by Gasteiger charge is -2.26. The molecule has 1 aliphatic rings. The molecule has 1 N–H and O–H groups in total. The summed E-state index contributed by atoms with van der Waals surface area (Å²) in [6, 6.07) is 0. The molecule has 3 nitrogen and oxygen atoms in total. The van der Waals surface area contributed by atoms with Gasteiger partial charge in [-0.05, 0) is 6.92 Å². The van der Waals surface area contributed by atoms with Crippen molar-refractivity contribution >= 4 is 36.2 Å². The maximum atomic E-state index is 12.7. The summed E-state index contributed by atoms with van der Waals surface area (Å²) in [5, 5.41) is 3.65. The van der Waals surface area contributed by atoms with Gasteiger partial charge in [0.2, 0.25) is 0 Å². The summed E-state index contributed by atoms with van der Waals surface area (Å²) in [6.07, 6.45) is -4.34. The molecular weight excluding hydrogens is 322 g/mol. The molecular formula is C10H16Cl2F3N3S. The maximum absolute atomic E-state index is 12.7. The molecule has 1 aliphatic heterocycles. The van der Waals surface area contributed by atoms with Gasteiger partial charge in [-0.15, -0.1) is 36.2 Å². The Hall–Kier alpha value is -0.0800. The van der Waals surface area contributed by atoms with Gasteiger partial charge in [-0.3, -0.25) is 4.90 Å². The predicted octanol–water partition coefficient (Wildman–Crippen LogP) is 2.72. The molecule has 0 unspecified atom stereocenters. The first kappa shape index (κ1) is 18.9. The Labute approximate surface area is 126 Å². The number of aromatic nitrogens is 1. The Morgan fingerprint density at radius 2 is 1.84 bits per heavy atom. The standard InChI is InChI=1S/C10H14F3N3S.2ClH/c1-7-15-9(10(11,12)13)8(17-7)6-16-4-2-14-3-5-16;;/h14H,2-6H2,1H3;2*1H. The number of rotatable bonds is 2. The molecule has 1 fully saturated rings. The van der Waals surface area contributed by atoms with Crippen LogP contribution in [0.5, 0.6) is 0 Å². The van der Waals surface area contributed by atoms with Crippen LogP contribution in [0.3, 0.4) is 0 Å². The van der Waals surface area contributed by atoms with Gasteiger partial charge < -0.3 is 5.32 Å². The highest BCUT2D eigenvalue weighted by Gasteiger charge is 2.37. The molecule has 0 saturated carbocycles. The Morgan fingerprint density at radius 3 is 2.37 bits per heavy atom. The van der Waals surface area contributed by atoms with Gasteiger partial charge in [0.05, 0.1) is 9.88 Å². The van der Waals surface area contributed by atoms with Gasteiger partial charge in [0.1, 0.15) is 0 Å². The second-order valence-corrected chi connectivity index (χ2v) is 5.32. The zero-order valence-corrected chi connectivity index (χ0v) is 12.7. The Balaban J connectivity index is 0.00000162. The summed E-state index contributed by atoms with van der Waals surface area (Å²) in [4.78, 5) is 5.96. The van der Waals surface area contributed by atoms with E-state index in [1.165, 1.54) is 0 Å². The van der Waals surface area contributed by atoms with E-state index < -0.39 is 11.9 Å². The molecule has 2 rings (SSSR count). The molecule has 1 saturated heterocycles. The number of aryl methyl sites for hydroxylation is 1. The van der Waals surface area contributed by atoms with Gasteiger partial charge in [-0.2, -0.15) is 13.2 Å². The highest BCUT2D eigenvalue weighted by molar-refractivity contribution is 7.11. The molecule has 0 spiro atoms. The van der Waals surface area contributed by atoms with Crippen LogP contribution in [-0.2, 0) is 12.7 Å². The van der Waals surface area contributed by atoms with Crippen LogP contribution < -0.4 is 5.32 Å². The summed E-state index contributed by atoms with van der Waals surface area (Å²) < 4.78 is 38.2. The number of alkyl halides is 3. The highest BCUT2D eigenvalue weighted by Crippen LogP contribution is 2.34. The van der Waals surface area contributed by atoms with Crippen LogP contribution in [-0.4, -0.2) is 36.1 Å². The molecule has 0 amide bonds. The van der Waals surface area contributed by atoms with E-state index in [2.05, 4.69) is 10.3 Å². The van der Waals surface area contributed by atoms with Crippen molar-refractivity contribution < 1.29 is 13.2 Å². The van der Waals surface area contributed by atoms with Crippen molar-refractivity contribution in [1.82, 2.24) is 15.2 Å². The zero-order chi connectivity index (χ0) is 12.5. The maximum Gasteiger partial charge on any atom is 0.434 e. The number of nitrogens with one attached hydrogen (secondary N) is 1. The molecule has 0 atom stereocenters. The fourth-order valence-corrected chi connectivity index (χ4v) is 2.87. The number of thiazole rings is 1. The minimum atomic E-state index is -4.34. The molecule has 0 bridgehead atoms. The lowest BCUT2D eigenvalue weighted by atomic mass is 10.3. The fourth-order valence-electron chi connectivity index (χ4n) is 1.87. The molecule has 1 aromatic heterocycles. The van der Waals surface area contributed by atoms with Crippen LogP contribution in [0.4, 0.5) is 13.2 Å². The summed E-state index contributed by atoms with van der Waals surface area (Å²) in [6.45, 7) is 5.20. The van der Waals surface area contributed by atoms with Gasteiger partial charge >= 0.3 is 6.18 Å². The predicted molar refractivity (Wildman–Crippen MR) is 74.5 cm³/mol. The minimum absolute atomic E-state index is 0. The molecule has 1 aromatic rings. The molecule has 19 heavy (non-hydrogen) atoms. The van der Waals surface area contributed by atoms with Crippen LogP contribution >= 0.6 is 36.2 Å². The van der Waals surface area contributed by atoms with Crippen molar-refractivity contribution in [2.45, 2.75) is 19.6 Å². The van der Waals surface area contributed by atoms with Crippen LogP contribution in [0.2, 0.25) is 0 Å². The molecule has 9 heteroatoms. The summed E-state index contributed by atoms with van der Waals surface area (Å²) in [5.74, 6) is 0. The smallest absolute Gasteiger partial charge is 0.314 e. The third-order valence-electron chi connectivity index (χ3n) is 2.65. The summed E-state index contributed by atoms with van der Waals surface area (Å²) in [5.41, 5.74) is -0.710. The first-order valence-corrected chi connectivity index (χ1v) is 6.25. The number of halogens is 5. The van der Waals surface area contributed by atoms with Crippen molar-refractivity contribution in [3.63, 3.8) is 0 Å². The first-order valence-electron chi connectivity index (χ1n) is 5.43. The second-order valence-electron chi connectivity index (χ2n) is 4.03. The van der Waals surface area contributed by atoms with E-state index in [1.54, 1.807) is 6.92 Å². The summed E-state index contributed by atoms with van der Waals surface area (Å²) in [7, 11) is 0. The monoisotopic (exact) mass is 337 g/mol. The molecule has 0 aromatic carbocycles. The van der Waals surface area contributed by atoms with Crippen LogP contribution in [0.1, 0.15) is 15.6 Å². The molecule has 0 aliphatic carbocycles. The first-order chi connectivity index (χ1) is 7.97. The van der Waals surface area contributed by atoms with E-state index in [0.717, 1.165) is 37.5 Å². The second kappa shape index (κ2) is 7.64. The van der Waals surface area contributed by atoms with Gasteiger partial charge in [0, 0.05) is 32.7 Å². The summed E-state index contributed by atoms with van der Waals surface area (Å²) >= 11 is 1.14. The number of hydrogen-bond acceptors (Lipinski definition) is 4. The average molecular weight is 338 g/mol. The van der Waals surface area contributed by atoms with Crippen molar-refractivity contribution in [1.29, 1.82) is 0 Å².